The summed E-state index contributed by atoms with van der Waals surface area (Å²) in [5, 5.41) is 17.8. The van der Waals surface area contributed by atoms with Crippen molar-refractivity contribution in [1.29, 1.82) is 0 Å². The van der Waals surface area contributed by atoms with Gasteiger partial charge in [0.1, 0.15) is 12.4 Å². The maximum absolute atomic E-state index is 12.8. The SMILES string of the molecule is COc1cc(CC(=O)C(C)NCCOc2ccc(C(=O)O)cc2OC)ccc1NC(=O)Nc1ccccc1C. The molecular weight excluding hydrogens is 502 g/mol. The van der Waals surface area contributed by atoms with Gasteiger partial charge in [-0.25, -0.2) is 9.59 Å². The number of rotatable bonds is 13. The number of ether oxygens (including phenoxy) is 3. The highest BCUT2D eigenvalue weighted by molar-refractivity contribution is 6.01. The van der Waals surface area contributed by atoms with Crippen LogP contribution in [-0.4, -0.2) is 56.3 Å². The largest absolute Gasteiger partial charge is 0.495 e. The summed E-state index contributed by atoms with van der Waals surface area (Å²) in [5.74, 6) is 0.0896. The lowest BCUT2D eigenvalue weighted by atomic mass is 10.0. The maximum Gasteiger partial charge on any atom is 0.335 e. The minimum Gasteiger partial charge on any atom is -0.495 e. The Labute approximate surface area is 227 Å². The molecule has 3 aromatic carbocycles. The number of benzene rings is 3. The first-order valence-corrected chi connectivity index (χ1v) is 12.3. The number of para-hydroxylation sites is 1. The number of methoxy groups -OCH3 is 2. The van der Waals surface area contributed by atoms with Crippen molar-refractivity contribution in [2.24, 2.45) is 0 Å². The number of carbonyl (C=O) groups excluding carboxylic acids is 2. The summed E-state index contributed by atoms with van der Waals surface area (Å²) in [6.07, 6.45) is 0.172. The molecule has 3 rings (SSSR count). The summed E-state index contributed by atoms with van der Waals surface area (Å²) >= 11 is 0. The van der Waals surface area contributed by atoms with Gasteiger partial charge < -0.3 is 35.3 Å². The molecule has 1 atom stereocenters. The molecule has 0 saturated carbocycles. The number of aromatic carboxylic acids is 1. The minimum absolute atomic E-state index is 0.0292. The molecule has 0 heterocycles. The third kappa shape index (κ3) is 8.21. The Morgan fingerprint density at radius 3 is 2.28 bits per heavy atom. The minimum atomic E-state index is -1.05. The van der Waals surface area contributed by atoms with E-state index in [-0.39, 0.29) is 24.4 Å². The Kier molecular flexibility index (Phi) is 10.3. The first kappa shape index (κ1) is 29.0. The third-order valence-electron chi connectivity index (χ3n) is 5.99. The van der Waals surface area contributed by atoms with Crippen LogP contribution >= 0.6 is 0 Å². The summed E-state index contributed by atoms with van der Waals surface area (Å²) in [4.78, 5) is 36.4. The summed E-state index contributed by atoms with van der Waals surface area (Å²) in [7, 11) is 2.94. The van der Waals surface area contributed by atoms with Crippen molar-refractivity contribution in [2.75, 3.05) is 38.0 Å². The molecule has 0 aliphatic rings. The van der Waals surface area contributed by atoms with Crippen LogP contribution in [0.5, 0.6) is 17.2 Å². The molecule has 10 nitrogen and oxygen atoms in total. The van der Waals surface area contributed by atoms with E-state index in [1.807, 2.05) is 31.2 Å². The van der Waals surface area contributed by atoms with Gasteiger partial charge in [0.25, 0.3) is 0 Å². The number of ketones is 1. The number of anilines is 2. The highest BCUT2D eigenvalue weighted by Crippen LogP contribution is 2.28. The van der Waals surface area contributed by atoms with E-state index in [9.17, 15) is 14.4 Å². The van der Waals surface area contributed by atoms with Gasteiger partial charge >= 0.3 is 12.0 Å². The molecule has 0 radical (unpaired) electrons. The van der Waals surface area contributed by atoms with Crippen LogP contribution in [0.3, 0.4) is 0 Å². The third-order valence-corrected chi connectivity index (χ3v) is 5.99. The zero-order chi connectivity index (χ0) is 28.4. The molecule has 2 amide bonds. The highest BCUT2D eigenvalue weighted by atomic mass is 16.5. The van der Waals surface area contributed by atoms with Crippen molar-refractivity contribution in [1.82, 2.24) is 5.32 Å². The summed E-state index contributed by atoms with van der Waals surface area (Å²) in [6, 6.07) is 16.2. The van der Waals surface area contributed by atoms with E-state index in [2.05, 4.69) is 16.0 Å². The zero-order valence-corrected chi connectivity index (χ0v) is 22.4. The van der Waals surface area contributed by atoms with Crippen LogP contribution in [0, 0.1) is 6.92 Å². The lowest BCUT2D eigenvalue weighted by Crippen LogP contribution is -2.37. The van der Waals surface area contributed by atoms with E-state index in [0.717, 1.165) is 11.1 Å². The van der Waals surface area contributed by atoms with Crippen LogP contribution < -0.4 is 30.2 Å². The number of urea groups is 1. The Hall–Kier alpha value is -4.57. The van der Waals surface area contributed by atoms with E-state index in [0.29, 0.717) is 35.2 Å². The molecule has 3 aromatic rings. The lowest BCUT2D eigenvalue weighted by molar-refractivity contribution is -0.120. The number of hydrogen-bond acceptors (Lipinski definition) is 7. The zero-order valence-electron chi connectivity index (χ0n) is 22.4. The molecule has 0 aliphatic carbocycles. The quantitative estimate of drug-likeness (QED) is 0.235. The van der Waals surface area contributed by atoms with E-state index in [1.54, 1.807) is 25.1 Å². The second-order valence-electron chi connectivity index (χ2n) is 8.77. The van der Waals surface area contributed by atoms with Crippen LogP contribution in [0.25, 0.3) is 0 Å². The van der Waals surface area contributed by atoms with E-state index < -0.39 is 18.0 Å². The monoisotopic (exact) mass is 535 g/mol. The van der Waals surface area contributed by atoms with Crippen LogP contribution in [0.1, 0.15) is 28.4 Å². The Morgan fingerprint density at radius 2 is 1.59 bits per heavy atom. The number of amides is 2. The van der Waals surface area contributed by atoms with Crippen LogP contribution in [0.4, 0.5) is 16.2 Å². The van der Waals surface area contributed by atoms with Crippen molar-refractivity contribution < 1.29 is 33.7 Å². The molecule has 1 unspecified atom stereocenters. The first-order valence-electron chi connectivity index (χ1n) is 12.3. The fourth-order valence-corrected chi connectivity index (χ4v) is 3.76. The van der Waals surface area contributed by atoms with Gasteiger partial charge in [-0.05, 0) is 61.4 Å². The van der Waals surface area contributed by atoms with Gasteiger partial charge in [-0.3, -0.25) is 4.79 Å². The number of aryl methyl sites for hydroxylation is 1. The van der Waals surface area contributed by atoms with Crippen molar-refractivity contribution >= 4 is 29.2 Å². The van der Waals surface area contributed by atoms with Crippen LogP contribution in [0.2, 0.25) is 0 Å². The number of carboxylic acid groups (broad SMARTS) is 1. The smallest absolute Gasteiger partial charge is 0.335 e. The van der Waals surface area contributed by atoms with E-state index in [1.165, 1.54) is 32.4 Å². The van der Waals surface area contributed by atoms with E-state index >= 15 is 0 Å². The second kappa shape index (κ2) is 13.8. The first-order chi connectivity index (χ1) is 18.7. The van der Waals surface area contributed by atoms with Crippen LogP contribution in [0.15, 0.2) is 60.7 Å². The fourth-order valence-electron chi connectivity index (χ4n) is 3.76. The highest BCUT2D eigenvalue weighted by Gasteiger charge is 2.16. The molecule has 206 valence electrons. The summed E-state index contributed by atoms with van der Waals surface area (Å²) < 4.78 is 16.3. The van der Waals surface area contributed by atoms with Gasteiger partial charge in [0.2, 0.25) is 0 Å². The van der Waals surface area contributed by atoms with Crippen LogP contribution in [-0.2, 0) is 11.2 Å². The fraction of sp³-hybridized carbons (Fsp3) is 0.276. The lowest BCUT2D eigenvalue weighted by Gasteiger charge is -2.16. The normalized spacial score (nSPS) is 11.3. The molecule has 0 saturated heterocycles. The van der Waals surface area contributed by atoms with Gasteiger partial charge in [-0.15, -0.1) is 0 Å². The Bertz CT molecular complexity index is 1330. The van der Waals surface area contributed by atoms with Crippen molar-refractivity contribution in [3.8, 4) is 17.2 Å². The maximum atomic E-state index is 12.8. The van der Waals surface area contributed by atoms with Crippen molar-refractivity contribution in [3.05, 3.63) is 77.4 Å². The molecule has 0 spiro atoms. The number of nitrogens with one attached hydrogen (secondary N) is 3. The Balaban J connectivity index is 1.50. The molecule has 0 aliphatic heterocycles. The number of Topliss-reactive ketones (excluding diaryl/α,β-unsaturated/α-hetero) is 1. The molecule has 4 N–H and O–H groups in total. The molecular formula is C29H33N3O7. The van der Waals surface area contributed by atoms with Gasteiger partial charge in [-0.1, -0.05) is 24.3 Å². The predicted molar refractivity (Wildman–Crippen MR) is 148 cm³/mol. The number of carbonyl (C=O) groups is 3. The molecule has 39 heavy (non-hydrogen) atoms. The van der Waals surface area contributed by atoms with Gasteiger partial charge in [0, 0.05) is 18.7 Å². The number of hydrogen-bond donors (Lipinski definition) is 4. The molecule has 0 fully saturated rings. The average molecular weight is 536 g/mol. The van der Waals surface area contributed by atoms with Gasteiger partial charge in [0.15, 0.2) is 17.3 Å². The second-order valence-corrected chi connectivity index (χ2v) is 8.77. The average Bonchev–Trinajstić information content (AvgIpc) is 2.92. The van der Waals surface area contributed by atoms with Crippen molar-refractivity contribution in [3.63, 3.8) is 0 Å². The summed E-state index contributed by atoms with van der Waals surface area (Å²) in [6.45, 7) is 4.31. The predicted octanol–water partition coefficient (Wildman–Crippen LogP) is 4.52. The standard InChI is InChI=1S/C29H33N3O7/c1-18-7-5-6-8-22(18)31-29(36)32-23-11-9-20(16-26(23)37-3)15-24(33)19(2)30-13-14-39-25-12-10-21(28(34)35)17-27(25)38-4/h5-12,16-17,19,30H,13-15H2,1-4H3,(H,34,35)(H2,31,32,36). The topological polar surface area (TPSA) is 135 Å². The van der Waals surface area contributed by atoms with Gasteiger partial charge in [-0.2, -0.15) is 0 Å². The van der Waals surface area contributed by atoms with Gasteiger partial charge in [0.05, 0.1) is 31.5 Å². The summed E-state index contributed by atoms with van der Waals surface area (Å²) in [5.41, 5.74) is 2.97. The molecule has 0 bridgehead atoms. The molecule has 0 aromatic heterocycles. The molecule has 10 heteroatoms. The van der Waals surface area contributed by atoms with E-state index in [4.69, 9.17) is 19.3 Å². The Morgan fingerprint density at radius 1 is 0.872 bits per heavy atom. The van der Waals surface area contributed by atoms with Crippen molar-refractivity contribution in [2.45, 2.75) is 26.3 Å². The number of carboxylic acids is 1.